The average molecular weight is 409 g/mol. The van der Waals surface area contributed by atoms with Gasteiger partial charge in [-0.2, -0.15) is 5.10 Å². The predicted octanol–water partition coefficient (Wildman–Crippen LogP) is 1.81. The van der Waals surface area contributed by atoms with E-state index in [9.17, 15) is 14.7 Å². The van der Waals surface area contributed by atoms with Crippen LogP contribution in [0.2, 0.25) is 0 Å². The van der Waals surface area contributed by atoms with E-state index < -0.39 is 17.1 Å². The SMILES string of the molecule is O=c1[nH]c(=O)n(CCc2ccccc2)c(O)c1C=NNC(=S)Nc1ccccc1. The molecule has 9 heteroatoms. The summed E-state index contributed by atoms with van der Waals surface area (Å²) in [5.41, 5.74) is 2.77. The molecule has 3 rings (SSSR count). The highest BCUT2D eigenvalue weighted by atomic mass is 32.1. The molecule has 0 bridgehead atoms. The van der Waals surface area contributed by atoms with Gasteiger partial charge in [-0.25, -0.2) is 4.79 Å². The largest absolute Gasteiger partial charge is 0.494 e. The van der Waals surface area contributed by atoms with Crippen LogP contribution in [0, 0.1) is 0 Å². The van der Waals surface area contributed by atoms with Crippen LogP contribution in [0.1, 0.15) is 11.1 Å². The second kappa shape index (κ2) is 9.47. The third kappa shape index (κ3) is 5.39. The number of aryl methyl sites for hydroxylation is 1. The van der Waals surface area contributed by atoms with E-state index in [-0.39, 0.29) is 17.2 Å². The third-order valence-corrected chi connectivity index (χ3v) is 4.26. The number of aromatic nitrogens is 2. The molecule has 3 aromatic rings. The molecule has 0 spiro atoms. The molecule has 0 radical (unpaired) electrons. The number of nitrogens with one attached hydrogen (secondary N) is 3. The molecule has 4 N–H and O–H groups in total. The fourth-order valence-electron chi connectivity index (χ4n) is 2.62. The Bertz CT molecular complexity index is 1120. The van der Waals surface area contributed by atoms with E-state index >= 15 is 0 Å². The lowest BCUT2D eigenvalue weighted by atomic mass is 10.1. The van der Waals surface area contributed by atoms with Gasteiger partial charge in [-0.15, -0.1) is 0 Å². The van der Waals surface area contributed by atoms with Gasteiger partial charge in [0.25, 0.3) is 5.56 Å². The van der Waals surface area contributed by atoms with Crippen molar-refractivity contribution in [3.05, 3.63) is 92.6 Å². The lowest BCUT2D eigenvalue weighted by Crippen LogP contribution is -2.33. The fourth-order valence-corrected chi connectivity index (χ4v) is 2.79. The molecule has 1 aromatic heterocycles. The summed E-state index contributed by atoms with van der Waals surface area (Å²) in [7, 11) is 0. The molecule has 1 heterocycles. The Morgan fingerprint density at radius 3 is 2.45 bits per heavy atom. The molecule has 0 saturated heterocycles. The summed E-state index contributed by atoms with van der Waals surface area (Å²) in [5.74, 6) is -0.456. The van der Waals surface area contributed by atoms with Crippen molar-refractivity contribution in [2.24, 2.45) is 5.10 Å². The summed E-state index contributed by atoms with van der Waals surface area (Å²) in [6, 6.07) is 18.7. The molecule has 0 unspecified atom stereocenters. The highest BCUT2D eigenvalue weighted by molar-refractivity contribution is 7.80. The van der Waals surface area contributed by atoms with Gasteiger partial charge >= 0.3 is 5.69 Å². The second-order valence-corrected chi connectivity index (χ2v) is 6.48. The highest BCUT2D eigenvalue weighted by Crippen LogP contribution is 2.10. The minimum Gasteiger partial charge on any atom is -0.494 e. The zero-order valence-electron chi connectivity index (χ0n) is 15.3. The minimum absolute atomic E-state index is 0.146. The molecule has 29 heavy (non-hydrogen) atoms. The normalized spacial score (nSPS) is 10.8. The number of aromatic hydroxyl groups is 1. The first-order chi connectivity index (χ1) is 14.0. The van der Waals surface area contributed by atoms with E-state index in [1.54, 1.807) is 0 Å². The summed E-state index contributed by atoms with van der Waals surface area (Å²) in [4.78, 5) is 26.3. The predicted molar refractivity (Wildman–Crippen MR) is 117 cm³/mol. The van der Waals surface area contributed by atoms with E-state index in [0.29, 0.717) is 6.42 Å². The van der Waals surface area contributed by atoms with Gasteiger partial charge in [-0.3, -0.25) is 19.8 Å². The topological polar surface area (TPSA) is 112 Å². The van der Waals surface area contributed by atoms with Crippen molar-refractivity contribution >= 4 is 29.2 Å². The lowest BCUT2D eigenvalue weighted by molar-refractivity contribution is 0.399. The van der Waals surface area contributed by atoms with Gasteiger partial charge in [0, 0.05) is 12.2 Å². The van der Waals surface area contributed by atoms with Crippen molar-refractivity contribution in [3.8, 4) is 5.88 Å². The number of para-hydroxylation sites is 1. The summed E-state index contributed by atoms with van der Waals surface area (Å²) in [5, 5.41) is 17.4. The zero-order valence-corrected chi connectivity index (χ0v) is 16.1. The maximum Gasteiger partial charge on any atom is 0.331 e. The molecular formula is C20H19N5O3S. The lowest BCUT2D eigenvalue weighted by Gasteiger charge is -2.10. The number of hydrogen-bond acceptors (Lipinski definition) is 5. The Morgan fingerprint density at radius 1 is 1.10 bits per heavy atom. The number of hydrazone groups is 1. The molecule has 0 amide bonds. The Hall–Kier alpha value is -3.72. The van der Waals surface area contributed by atoms with Crippen molar-refractivity contribution in [1.82, 2.24) is 15.0 Å². The van der Waals surface area contributed by atoms with Crippen molar-refractivity contribution < 1.29 is 5.11 Å². The molecule has 0 aliphatic carbocycles. The maximum atomic E-state index is 12.1. The van der Waals surface area contributed by atoms with Crippen molar-refractivity contribution in [2.75, 3.05) is 5.32 Å². The minimum atomic E-state index is -0.740. The van der Waals surface area contributed by atoms with E-state index in [2.05, 4.69) is 20.8 Å². The first-order valence-electron chi connectivity index (χ1n) is 8.79. The van der Waals surface area contributed by atoms with Crippen LogP contribution in [-0.4, -0.2) is 26.0 Å². The van der Waals surface area contributed by atoms with Crippen LogP contribution in [-0.2, 0) is 13.0 Å². The number of H-pyrrole nitrogens is 1. The molecule has 0 saturated carbocycles. The number of hydrogen-bond donors (Lipinski definition) is 4. The Balaban J connectivity index is 1.71. The summed E-state index contributed by atoms with van der Waals surface area (Å²) >= 11 is 5.12. The molecule has 148 valence electrons. The van der Waals surface area contributed by atoms with Crippen molar-refractivity contribution in [3.63, 3.8) is 0 Å². The van der Waals surface area contributed by atoms with Crippen LogP contribution >= 0.6 is 12.2 Å². The zero-order chi connectivity index (χ0) is 20.6. The Morgan fingerprint density at radius 2 is 1.76 bits per heavy atom. The number of benzene rings is 2. The number of aromatic amines is 1. The molecular weight excluding hydrogens is 390 g/mol. The van der Waals surface area contributed by atoms with E-state index in [4.69, 9.17) is 12.2 Å². The van der Waals surface area contributed by atoms with Crippen molar-refractivity contribution in [2.45, 2.75) is 13.0 Å². The maximum absolute atomic E-state index is 12.1. The molecule has 0 aliphatic rings. The first-order valence-corrected chi connectivity index (χ1v) is 9.20. The molecule has 0 fully saturated rings. The van der Waals surface area contributed by atoms with Crippen LogP contribution in [0.15, 0.2) is 75.4 Å². The van der Waals surface area contributed by atoms with Gasteiger partial charge in [0.1, 0.15) is 5.56 Å². The molecule has 2 aromatic carbocycles. The Kier molecular flexibility index (Phi) is 6.54. The van der Waals surface area contributed by atoms with Gasteiger partial charge in [0.15, 0.2) is 5.11 Å². The average Bonchev–Trinajstić information content (AvgIpc) is 2.71. The first kappa shape index (κ1) is 20.0. The van der Waals surface area contributed by atoms with Crippen LogP contribution < -0.4 is 22.0 Å². The monoisotopic (exact) mass is 409 g/mol. The van der Waals surface area contributed by atoms with Gasteiger partial charge in [0.2, 0.25) is 5.88 Å². The quantitative estimate of drug-likeness (QED) is 0.281. The third-order valence-electron chi connectivity index (χ3n) is 4.07. The Labute approximate surface area is 171 Å². The van der Waals surface area contributed by atoms with Gasteiger partial charge in [0.05, 0.1) is 6.21 Å². The van der Waals surface area contributed by atoms with Gasteiger partial charge in [-0.1, -0.05) is 48.5 Å². The van der Waals surface area contributed by atoms with Gasteiger partial charge in [-0.05, 0) is 36.3 Å². The molecule has 8 nitrogen and oxygen atoms in total. The van der Waals surface area contributed by atoms with E-state index in [0.717, 1.165) is 22.0 Å². The van der Waals surface area contributed by atoms with Crippen LogP contribution in [0.3, 0.4) is 0 Å². The van der Waals surface area contributed by atoms with Crippen molar-refractivity contribution in [1.29, 1.82) is 0 Å². The van der Waals surface area contributed by atoms with Crippen LogP contribution in [0.25, 0.3) is 0 Å². The second-order valence-electron chi connectivity index (χ2n) is 6.07. The van der Waals surface area contributed by atoms with Crippen LogP contribution in [0.5, 0.6) is 5.88 Å². The molecule has 0 aliphatic heterocycles. The van der Waals surface area contributed by atoms with Gasteiger partial charge < -0.3 is 10.4 Å². The van der Waals surface area contributed by atoms with E-state index in [1.807, 2.05) is 60.7 Å². The highest BCUT2D eigenvalue weighted by Gasteiger charge is 2.12. The smallest absolute Gasteiger partial charge is 0.331 e. The number of anilines is 1. The number of rotatable bonds is 6. The molecule has 0 atom stereocenters. The van der Waals surface area contributed by atoms with Crippen LogP contribution in [0.4, 0.5) is 5.69 Å². The summed E-state index contributed by atoms with van der Waals surface area (Å²) in [6.45, 7) is 0.202. The summed E-state index contributed by atoms with van der Waals surface area (Å²) in [6.07, 6.45) is 1.63. The number of thiocarbonyl (C=S) groups is 1. The fraction of sp³-hybridized carbons (Fsp3) is 0.100. The van der Waals surface area contributed by atoms with E-state index in [1.165, 1.54) is 0 Å². The summed E-state index contributed by atoms with van der Waals surface area (Å²) < 4.78 is 1.09. The standard InChI is InChI=1S/C20H19N5O3S/c26-17-16(13-21-24-19(29)22-15-9-5-2-6-10-15)18(27)25(20(28)23-17)12-11-14-7-3-1-4-8-14/h1-10,13,27H,11-12H2,(H2,22,24,29)(H,23,26,28). The number of nitrogens with zero attached hydrogens (tertiary/aromatic N) is 2.